The van der Waals surface area contributed by atoms with Crippen molar-refractivity contribution in [2.75, 3.05) is 18.1 Å². The number of carboxylic acid groups (broad SMARTS) is 1. The predicted molar refractivity (Wildman–Crippen MR) is 132 cm³/mol. The molecule has 0 aromatic heterocycles. The zero-order valence-corrected chi connectivity index (χ0v) is 19.3. The molecule has 0 aliphatic heterocycles. The Hall–Kier alpha value is -4.06. The molecular weight excluding hydrogens is 430 g/mol. The summed E-state index contributed by atoms with van der Waals surface area (Å²) in [6.07, 6.45) is 1.10. The van der Waals surface area contributed by atoms with Gasteiger partial charge in [0.25, 0.3) is 0 Å². The number of aliphatic carboxylic acids is 1. The molecule has 174 valence electrons. The van der Waals surface area contributed by atoms with E-state index < -0.39 is 18.7 Å². The van der Waals surface area contributed by atoms with Crippen LogP contribution in [0.2, 0.25) is 0 Å². The molecule has 1 amide bonds. The van der Waals surface area contributed by atoms with Gasteiger partial charge >= 0.3 is 12.1 Å². The Morgan fingerprint density at radius 1 is 0.912 bits per heavy atom. The molecule has 6 heteroatoms. The van der Waals surface area contributed by atoms with Gasteiger partial charge in [0.2, 0.25) is 0 Å². The van der Waals surface area contributed by atoms with Gasteiger partial charge in [-0.2, -0.15) is 0 Å². The summed E-state index contributed by atoms with van der Waals surface area (Å²) in [5.41, 5.74) is 6.48. The molecule has 0 saturated heterocycles. The Labute approximate surface area is 199 Å². The third kappa shape index (κ3) is 4.66. The number of nitrogens with zero attached hydrogens (tertiary/aromatic N) is 1. The molecule has 0 heterocycles. The number of allylic oxidation sites excluding steroid dienone is 1. The van der Waals surface area contributed by atoms with E-state index in [9.17, 15) is 9.59 Å². The number of anilines is 2. The summed E-state index contributed by atoms with van der Waals surface area (Å²) < 4.78 is 11.0. The lowest BCUT2D eigenvalue weighted by molar-refractivity contribution is -0.139. The van der Waals surface area contributed by atoms with Crippen LogP contribution in [0, 0.1) is 0 Å². The van der Waals surface area contributed by atoms with Gasteiger partial charge in [0.15, 0.2) is 6.61 Å². The van der Waals surface area contributed by atoms with Gasteiger partial charge in [-0.1, -0.05) is 54.1 Å². The number of carbonyl (C=O) groups is 2. The lowest BCUT2D eigenvalue weighted by atomic mass is 9.81. The number of carbonyl (C=O) groups excluding carboxylic acids is 1. The fraction of sp³-hybridized carbons (Fsp3) is 0.214. The van der Waals surface area contributed by atoms with Crippen LogP contribution in [0.5, 0.6) is 5.75 Å². The van der Waals surface area contributed by atoms with Crippen LogP contribution >= 0.6 is 0 Å². The molecule has 0 fully saturated rings. The van der Waals surface area contributed by atoms with Gasteiger partial charge in [0.05, 0.1) is 18.0 Å². The second-order valence-corrected chi connectivity index (χ2v) is 8.01. The van der Waals surface area contributed by atoms with E-state index in [2.05, 4.69) is 6.92 Å². The van der Waals surface area contributed by atoms with Crippen LogP contribution in [-0.2, 0) is 16.0 Å². The molecule has 0 radical (unpaired) electrons. The van der Waals surface area contributed by atoms with Crippen molar-refractivity contribution in [2.45, 2.75) is 26.7 Å². The average molecular weight is 458 g/mol. The quantitative estimate of drug-likeness (QED) is 0.456. The number of rotatable bonds is 7. The summed E-state index contributed by atoms with van der Waals surface area (Å²) in [5, 5.41) is 9.07. The highest BCUT2D eigenvalue weighted by molar-refractivity contribution is 6.01. The predicted octanol–water partition coefficient (Wildman–Crippen LogP) is 6.21. The summed E-state index contributed by atoms with van der Waals surface area (Å²) in [7, 11) is 0. The van der Waals surface area contributed by atoms with Crippen LogP contribution in [0.15, 0.2) is 78.4 Å². The normalized spacial score (nSPS) is 12.6. The first kappa shape index (κ1) is 23.1. The fourth-order valence-corrected chi connectivity index (χ4v) is 4.36. The van der Waals surface area contributed by atoms with Crippen LogP contribution in [0.3, 0.4) is 0 Å². The lowest BCUT2D eigenvalue weighted by Gasteiger charge is -2.29. The van der Waals surface area contributed by atoms with E-state index in [-0.39, 0.29) is 6.61 Å². The van der Waals surface area contributed by atoms with Crippen molar-refractivity contribution in [3.63, 3.8) is 0 Å². The van der Waals surface area contributed by atoms with E-state index in [1.165, 1.54) is 5.57 Å². The Bertz CT molecular complexity index is 1230. The van der Waals surface area contributed by atoms with E-state index in [1.54, 1.807) is 17.9 Å². The molecule has 6 nitrogen and oxygen atoms in total. The van der Waals surface area contributed by atoms with Gasteiger partial charge in [-0.05, 0) is 62.1 Å². The molecular formula is C28H27NO5. The number of para-hydroxylation sites is 2. The number of ether oxygens (including phenoxy) is 2. The van der Waals surface area contributed by atoms with Gasteiger partial charge in [-0.25, -0.2) is 14.5 Å². The molecule has 0 bridgehead atoms. The Balaban J connectivity index is 1.87. The van der Waals surface area contributed by atoms with Gasteiger partial charge < -0.3 is 14.6 Å². The van der Waals surface area contributed by atoms with E-state index in [1.807, 2.05) is 66.7 Å². The highest BCUT2D eigenvalue weighted by Crippen LogP contribution is 2.43. The van der Waals surface area contributed by atoms with Gasteiger partial charge in [-0.3, -0.25) is 0 Å². The number of fused-ring (bicyclic) bond motifs is 1. The Kier molecular flexibility index (Phi) is 6.97. The van der Waals surface area contributed by atoms with Gasteiger partial charge in [0.1, 0.15) is 5.75 Å². The molecule has 0 atom stereocenters. The maximum atomic E-state index is 13.1. The molecule has 1 N–H and O–H groups in total. The van der Waals surface area contributed by atoms with E-state index in [4.69, 9.17) is 14.6 Å². The van der Waals surface area contributed by atoms with Crippen LogP contribution in [0.25, 0.3) is 5.57 Å². The summed E-state index contributed by atoms with van der Waals surface area (Å²) >= 11 is 0. The summed E-state index contributed by atoms with van der Waals surface area (Å²) in [6, 6.07) is 22.9. The standard InChI is InChI=1S/C28H27NO5/c1-3-33-28(32)29(20-10-5-4-6-11-20)24-14-8-7-12-23(24)27-19(2)16-17-21-22(27)13-9-15-25(21)34-18-26(30)31/h4-15H,3,16-18H2,1-2H3,(H,30,31). The van der Waals surface area contributed by atoms with Crippen molar-refractivity contribution >= 4 is 29.0 Å². The zero-order valence-electron chi connectivity index (χ0n) is 19.3. The van der Waals surface area contributed by atoms with Gasteiger partial charge in [0, 0.05) is 11.1 Å². The first-order valence-electron chi connectivity index (χ1n) is 11.3. The van der Waals surface area contributed by atoms with Crippen molar-refractivity contribution in [3.8, 4) is 5.75 Å². The molecule has 1 aliphatic carbocycles. The number of carboxylic acids is 1. The molecule has 34 heavy (non-hydrogen) atoms. The zero-order chi connectivity index (χ0) is 24.1. The van der Waals surface area contributed by atoms with Crippen LogP contribution in [0.1, 0.15) is 37.0 Å². The highest BCUT2D eigenvalue weighted by atomic mass is 16.6. The summed E-state index contributed by atoms with van der Waals surface area (Å²) in [6.45, 7) is 3.75. The summed E-state index contributed by atoms with van der Waals surface area (Å²) in [5.74, 6) is -0.439. The van der Waals surface area contributed by atoms with Crippen molar-refractivity contribution < 1.29 is 24.2 Å². The SMILES string of the molecule is CCOC(=O)N(c1ccccc1)c1ccccc1C1=C(C)CCc2c(OCC(=O)O)cccc21. The minimum absolute atomic E-state index is 0.263. The first-order chi connectivity index (χ1) is 16.5. The average Bonchev–Trinajstić information content (AvgIpc) is 2.84. The second kappa shape index (κ2) is 10.3. The monoisotopic (exact) mass is 457 g/mol. The molecule has 0 unspecified atom stereocenters. The number of hydrogen-bond acceptors (Lipinski definition) is 4. The number of benzene rings is 3. The third-order valence-electron chi connectivity index (χ3n) is 5.81. The van der Waals surface area contributed by atoms with E-state index >= 15 is 0 Å². The van der Waals surface area contributed by atoms with Crippen LogP contribution < -0.4 is 9.64 Å². The van der Waals surface area contributed by atoms with E-state index in [0.717, 1.165) is 35.1 Å². The highest BCUT2D eigenvalue weighted by Gasteiger charge is 2.27. The maximum absolute atomic E-state index is 13.1. The minimum atomic E-state index is -1.02. The largest absolute Gasteiger partial charge is 0.482 e. The molecule has 0 spiro atoms. The van der Waals surface area contributed by atoms with E-state index in [0.29, 0.717) is 17.1 Å². The third-order valence-corrected chi connectivity index (χ3v) is 5.81. The minimum Gasteiger partial charge on any atom is -0.482 e. The molecule has 4 rings (SSSR count). The fourth-order valence-electron chi connectivity index (χ4n) is 4.36. The van der Waals surface area contributed by atoms with Crippen molar-refractivity contribution in [2.24, 2.45) is 0 Å². The molecule has 3 aromatic rings. The lowest BCUT2D eigenvalue weighted by Crippen LogP contribution is -2.27. The number of hydrogen-bond donors (Lipinski definition) is 1. The van der Waals surface area contributed by atoms with Crippen molar-refractivity contribution in [1.82, 2.24) is 0 Å². The molecule has 3 aromatic carbocycles. The number of amides is 1. The summed E-state index contributed by atoms with van der Waals surface area (Å²) in [4.78, 5) is 25.8. The first-order valence-corrected chi connectivity index (χ1v) is 11.3. The molecule has 0 saturated carbocycles. The smallest absolute Gasteiger partial charge is 0.418 e. The van der Waals surface area contributed by atoms with Crippen molar-refractivity contribution in [1.29, 1.82) is 0 Å². The van der Waals surface area contributed by atoms with Gasteiger partial charge in [-0.15, -0.1) is 0 Å². The Morgan fingerprint density at radius 2 is 1.62 bits per heavy atom. The molecule has 1 aliphatic rings. The second-order valence-electron chi connectivity index (χ2n) is 8.01. The Morgan fingerprint density at radius 3 is 2.35 bits per heavy atom. The van der Waals surface area contributed by atoms with Crippen LogP contribution in [-0.4, -0.2) is 30.4 Å². The topological polar surface area (TPSA) is 76.1 Å². The van der Waals surface area contributed by atoms with Crippen LogP contribution in [0.4, 0.5) is 16.2 Å². The maximum Gasteiger partial charge on any atom is 0.418 e. The van der Waals surface area contributed by atoms with Crippen molar-refractivity contribution in [3.05, 3.63) is 95.1 Å².